The number of hydrogen-bond donors (Lipinski definition) is 0. The van der Waals surface area contributed by atoms with Gasteiger partial charge in [0.1, 0.15) is 11.6 Å². The van der Waals surface area contributed by atoms with Gasteiger partial charge in [0.15, 0.2) is 0 Å². The Kier molecular flexibility index (Phi) is 5.14. The van der Waals surface area contributed by atoms with Crippen molar-refractivity contribution in [3.63, 3.8) is 0 Å². The lowest BCUT2D eigenvalue weighted by atomic mass is 10.1. The third-order valence-corrected chi connectivity index (χ3v) is 3.13. The highest BCUT2D eigenvalue weighted by molar-refractivity contribution is 5.90. The third kappa shape index (κ3) is 3.95. The van der Waals surface area contributed by atoms with E-state index in [0.717, 1.165) is 0 Å². The molecule has 0 aliphatic carbocycles. The molecule has 0 N–H and O–H groups in total. The lowest BCUT2D eigenvalue weighted by molar-refractivity contribution is -0.164. The quantitative estimate of drug-likeness (QED) is 0.724. The summed E-state index contributed by atoms with van der Waals surface area (Å²) in [4.78, 5) is 37.0. The van der Waals surface area contributed by atoms with Crippen LogP contribution in [-0.4, -0.2) is 48.0 Å². The highest BCUT2D eigenvalue weighted by Gasteiger charge is 2.41. The minimum Gasteiger partial charge on any atom is -0.469 e. The number of carbonyl (C=O) groups excluding carboxylic acids is 3. The summed E-state index contributed by atoms with van der Waals surface area (Å²) in [7, 11) is 1.29. The van der Waals surface area contributed by atoms with E-state index in [2.05, 4.69) is 4.74 Å². The zero-order chi connectivity index (χ0) is 15.5. The molecule has 2 atom stereocenters. The number of ether oxygens (including phenoxy) is 2. The molecule has 0 aromatic heterocycles. The van der Waals surface area contributed by atoms with Crippen molar-refractivity contribution in [3.05, 3.63) is 0 Å². The SMILES string of the molecule is CC[C@H](C(=O)OC(C)(C)C)N1CC(C(=O)OC)CC1=O. The summed E-state index contributed by atoms with van der Waals surface area (Å²) >= 11 is 0. The van der Waals surface area contributed by atoms with Crippen molar-refractivity contribution in [1.82, 2.24) is 4.90 Å². The maximum absolute atomic E-state index is 12.1. The van der Waals surface area contributed by atoms with E-state index in [0.29, 0.717) is 6.42 Å². The van der Waals surface area contributed by atoms with Gasteiger partial charge in [0.2, 0.25) is 5.91 Å². The topological polar surface area (TPSA) is 72.9 Å². The zero-order valence-corrected chi connectivity index (χ0v) is 12.8. The fourth-order valence-electron chi connectivity index (χ4n) is 2.24. The van der Waals surface area contributed by atoms with Gasteiger partial charge in [-0.1, -0.05) is 6.92 Å². The third-order valence-electron chi connectivity index (χ3n) is 3.13. The Morgan fingerprint density at radius 1 is 1.40 bits per heavy atom. The van der Waals surface area contributed by atoms with Crippen molar-refractivity contribution in [1.29, 1.82) is 0 Å². The second-order valence-corrected chi connectivity index (χ2v) is 5.93. The normalized spacial score (nSPS) is 20.8. The first-order chi connectivity index (χ1) is 9.19. The summed E-state index contributed by atoms with van der Waals surface area (Å²) < 4.78 is 9.98. The molecular formula is C14H23NO5. The summed E-state index contributed by atoms with van der Waals surface area (Å²) in [5, 5.41) is 0. The minimum atomic E-state index is -0.642. The molecule has 0 bridgehead atoms. The minimum absolute atomic E-state index is 0.0893. The van der Waals surface area contributed by atoms with Gasteiger partial charge in [-0.15, -0.1) is 0 Å². The van der Waals surface area contributed by atoms with Crippen molar-refractivity contribution in [2.75, 3.05) is 13.7 Å². The van der Waals surface area contributed by atoms with Crippen molar-refractivity contribution in [2.45, 2.75) is 52.2 Å². The molecule has 1 aliphatic heterocycles. The van der Waals surface area contributed by atoms with Crippen LogP contribution in [0.25, 0.3) is 0 Å². The number of esters is 2. The molecular weight excluding hydrogens is 262 g/mol. The van der Waals surface area contributed by atoms with Crippen LogP contribution in [0.1, 0.15) is 40.5 Å². The Morgan fingerprint density at radius 3 is 2.45 bits per heavy atom. The highest BCUT2D eigenvalue weighted by atomic mass is 16.6. The van der Waals surface area contributed by atoms with Gasteiger partial charge in [-0.2, -0.15) is 0 Å². The average molecular weight is 285 g/mol. The fourth-order valence-corrected chi connectivity index (χ4v) is 2.24. The number of nitrogens with zero attached hydrogens (tertiary/aromatic N) is 1. The Bertz CT molecular complexity index is 399. The summed E-state index contributed by atoms with van der Waals surface area (Å²) in [6, 6.07) is -0.642. The van der Waals surface area contributed by atoms with E-state index in [1.807, 2.05) is 6.92 Å². The molecule has 0 spiro atoms. The van der Waals surface area contributed by atoms with Crippen LogP contribution in [0.4, 0.5) is 0 Å². The van der Waals surface area contributed by atoms with Crippen LogP contribution in [-0.2, 0) is 23.9 Å². The Morgan fingerprint density at radius 2 is 2.00 bits per heavy atom. The summed E-state index contributed by atoms with van der Waals surface area (Å²) in [6.07, 6.45) is 0.542. The van der Waals surface area contributed by atoms with Crippen molar-refractivity contribution < 1.29 is 23.9 Å². The van der Waals surface area contributed by atoms with E-state index in [-0.39, 0.29) is 18.9 Å². The van der Waals surface area contributed by atoms with E-state index < -0.39 is 29.5 Å². The molecule has 1 aliphatic rings. The molecule has 0 aromatic rings. The van der Waals surface area contributed by atoms with Gasteiger partial charge < -0.3 is 14.4 Å². The molecule has 1 rings (SSSR count). The average Bonchev–Trinajstić information content (AvgIpc) is 2.69. The van der Waals surface area contributed by atoms with E-state index in [1.165, 1.54) is 12.0 Å². The molecule has 1 fully saturated rings. The molecule has 0 saturated carbocycles. The smallest absolute Gasteiger partial charge is 0.329 e. The highest BCUT2D eigenvalue weighted by Crippen LogP contribution is 2.24. The predicted molar refractivity (Wildman–Crippen MR) is 71.8 cm³/mol. The van der Waals surface area contributed by atoms with Gasteiger partial charge in [0.05, 0.1) is 13.0 Å². The number of carbonyl (C=O) groups is 3. The number of methoxy groups -OCH3 is 1. The molecule has 0 aromatic carbocycles. The summed E-state index contributed by atoms with van der Waals surface area (Å²) in [5.41, 5.74) is -0.602. The Labute approximate surface area is 119 Å². The van der Waals surface area contributed by atoms with Crippen molar-refractivity contribution in [2.24, 2.45) is 5.92 Å². The van der Waals surface area contributed by atoms with Gasteiger partial charge in [0, 0.05) is 13.0 Å². The monoisotopic (exact) mass is 285 g/mol. The second-order valence-electron chi connectivity index (χ2n) is 5.93. The van der Waals surface area contributed by atoms with E-state index in [1.54, 1.807) is 20.8 Å². The first-order valence-electron chi connectivity index (χ1n) is 6.79. The molecule has 1 unspecified atom stereocenters. The molecule has 1 heterocycles. The van der Waals surface area contributed by atoms with E-state index >= 15 is 0 Å². The fraction of sp³-hybridized carbons (Fsp3) is 0.786. The van der Waals surface area contributed by atoms with E-state index in [9.17, 15) is 14.4 Å². The van der Waals surface area contributed by atoms with Gasteiger partial charge in [-0.3, -0.25) is 9.59 Å². The Balaban J connectivity index is 2.78. The standard InChI is InChI=1S/C14H23NO5/c1-6-10(13(18)20-14(2,3)4)15-8-9(7-11(15)16)12(17)19-5/h9-10H,6-8H2,1-5H3/t9?,10-/m1/s1. The number of likely N-dealkylation sites (tertiary alicyclic amines) is 1. The van der Waals surface area contributed by atoms with Crippen LogP contribution < -0.4 is 0 Å². The molecule has 6 nitrogen and oxygen atoms in total. The first-order valence-corrected chi connectivity index (χ1v) is 6.79. The largest absolute Gasteiger partial charge is 0.469 e. The van der Waals surface area contributed by atoms with Crippen LogP contribution in [0.3, 0.4) is 0 Å². The van der Waals surface area contributed by atoms with Gasteiger partial charge in [-0.05, 0) is 27.2 Å². The predicted octanol–water partition coefficient (Wildman–Crippen LogP) is 1.13. The maximum Gasteiger partial charge on any atom is 0.329 e. The van der Waals surface area contributed by atoms with Gasteiger partial charge >= 0.3 is 11.9 Å². The number of amides is 1. The van der Waals surface area contributed by atoms with Crippen LogP contribution >= 0.6 is 0 Å². The summed E-state index contributed by atoms with van der Waals surface area (Å²) in [5.74, 6) is -1.55. The number of rotatable bonds is 4. The first kappa shape index (κ1) is 16.5. The van der Waals surface area contributed by atoms with Crippen LogP contribution in [0.5, 0.6) is 0 Å². The lowest BCUT2D eigenvalue weighted by Gasteiger charge is -2.29. The molecule has 20 heavy (non-hydrogen) atoms. The van der Waals surface area contributed by atoms with Gasteiger partial charge in [0.25, 0.3) is 0 Å². The molecule has 1 amide bonds. The Hall–Kier alpha value is -1.59. The van der Waals surface area contributed by atoms with Crippen molar-refractivity contribution in [3.8, 4) is 0 Å². The van der Waals surface area contributed by atoms with Crippen LogP contribution in [0.2, 0.25) is 0 Å². The zero-order valence-electron chi connectivity index (χ0n) is 12.8. The molecule has 0 radical (unpaired) electrons. The second kappa shape index (κ2) is 6.24. The maximum atomic E-state index is 12.1. The van der Waals surface area contributed by atoms with Crippen LogP contribution in [0, 0.1) is 5.92 Å². The molecule has 6 heteroatoms. The summed E-state index contributed by atoms with van der Waals surface area (Å²) in [6.45, 7) is 7.36. The van der Waals surface area contributed by atoms with Crippen molar-refractivity contribution >= 4 is 17.8 Å². The van der Waals surface area contributed by atoms with Crippen LogP contribution in [0.15, 0.2) is 0 Å². The number of hydrogen-bond acceptors (Lipinski definition) is 5. The van der Waals surface area contributed by atoms with Gasteiger partial charge in [-0.25, -0.2) is 4.79 Å². The van der Waals surface area contributed by atoms with E-state index in [4.69, 9.17) is 4.74 Å². The molecule has 1 saturated heterocycles. The molecule has 114 valence electrons. The lowest BCUT2D eigenvalue weighted by Crippen LogP contribution is -2.45.